The molecule has 0 bridgehead atoms. The lowest BCUT2D eigenvalue weighted by molar-refractivity contribution is -0.297. The molecular weight excluding hydrogens is 300 g/mol. The number of hydrogen-bond acceptors (Lipinski definition) is 3. The molecule has 5 heteroatoms. The van der Waals surface area contributed by atoms with Crippen LogP contribution in [0.5, 0.6) is 0 Å². The molecule has 0 aliphatic rings. The summed E-state index contributed by atoms with van der Waals surface area (Å²) in [4.78, 5) is 15.3. The van der Waals surface area contributed by atoms with Gasteiger partial charge in [-0.25, -0.2) is 4.98 Å². The predicted molar refractivity (Wildman–Crippen MR) is 84.4 cm³/mol. The maximum Gasteiger partial charge on any atom is 0.137 e. The van der Waals surface area contributed by atoms with Crippen molar-refractivity contribution in [1.29, 1.82) is 0 Å². The lowest BCUT2D eigenvalue weighted by atomic mass is 10.1. The standard InChI is InChI=1S/C17H13ClN2O2/c1-11-2-8-15-19-17(12-3-5-13(18)6-4-12)14(20(15)10-11)7-9-16(21)22/h2-10H,1H3,(H,21,22)/p-1/b9-7+. The van der Waals surface area contributed by atoms with E-state index in [-0.39, 0.29) is 0 Å². The topological polar surface area (TPSA) is 57.4 Å². The molecule has 0 atom stereocenters. The average Bonchev–Trinajstić information content (AvgIpc) is 2.83. The molecule has 0 saturated carbocycles. The molecule has 0 spiro atoms. The van der Waals surface area contributed by atoms with Gasteiger partial charge in [-0.2, -0.15) is 0 Å². The van der Waals surface area contributed by atoms with Gasteiger partial charge < -0.3 is 9.90 Å². The summed E-state index contributed by atoms with van der Waals surface area (Å²) >= 11 is 5.92. The van der Waals surface area contributed by atoms with Gasteiger partial charge >= 0.3 is 0 Å². The van der Waals surface area contributed by atoms with E-state index >= 15 is 0 Å². The van der Waals surface area contributed by atoms with Gasteiger partial charge in [0.1, 0.15) is 5.65 Å². The molecule has 0 unspecified atom stereocenters. The first-order valence-corrected chi connectivity index (χ1v) is 7.06. The number of nitrogens with zero attached hydrogens (tertiary/aromatic N) is 2. The number of hydrogen-bond donors (Lipinski definition) is 0. The Bertz CT molecular complexity index is 880. The zero-order valence-electron chi connectivity index (χ0n) is 11.8. The van der Waals surface area contributed by atoms with Crippen molar-refractivity contribution in [3.63, 3.8) is 0 Å². The third-order valence-corrected chi connectivity index (χ3v) is 3.55. The quantitative estimate of drug-likeness (QED) is 0.699. The first-order chi connectivity index (χ1) is 10.5. The molecule has 1 aromatic carbocycles. The van der Waals surface area contributed by atoms with Crippen LogP contribution >= 0.6 is 11.6 Å². The Morgan fingerprint density at radius 2 is 1.95 bits per heavy atom. The van der Waals surface area contributed by atoms with Crippen molar-refractivity contribution in [3.8, 4) is 11.3 Å². The second-order valence-electron chi connectivity index (χ2n) is 4.94. The maximum absolute atomic E-state index is 10.7. The summed E-state index contributed by atoms with van der Waals surface area (Å²) in [6, 6.07) is 11.1. The highest BCUT2D eigenvalue weighted by Crippen LogP contribution is 2.27. The molecule has 0 radical (unpaired) electrons. The van der Waals surface area contributed by atoms with Crippen LogP contribution in [0.1, 0.15) is 11.3 Å². The van der Waals surface area contributed by atoms with E-state index in [1.165, 1.54) is 6.08 Å². The zero-order chi connectivity index (χ0) is 15.7. The van der Waals surface area contributed by atoms with Crippen LogP contribution < -0.4 is 5.11 Å². The highest BCUT2D eigenvalue weighted by atomic mass is 35.5. The van der Waals surface area contributed by atoms with Crippen molar-refractivity contribution >= 4 is 29.3 Å². The molecule has 0 aliphatic heterocycles. The zero-order valence-corrected chi connectivity index (χ0v) is 12.5. The minimum atomic E-state index is -1.25. The molecule has 0 fully saturated rings. The lowest BCUT2D eigenvalue weighted by Crippen LogP contribution is -2.18. The van der Waals surface area contributed by atoms with Gasteiger partial charge in [0.25, 0.3) is 0 Å². The lowest BCUT2D eigenvalue weighted by Gasteiger charge is -2.02. The highest BCUT2D eigenvalue weighted by molar-refractivity contribution is 6.30. The van der Waals surface area contributed by atoms with Crippen molar-refractivity contribution in [2.45, 2.75) is 6.92 Å². The molecule has 3 aromatic rings. The third kappa shape index (κ3) is 2.73. The fourth-order valence-corrected chi connectivity index (χ4v) is 2.42. The van der Waals surface area contributed by atoms with Crippen LogP contribution in [0.25, 0.3) is 23.0 Å². The first kappa shape index (κ1) is 14.4. The van der Waals surface area contributed by atoms with Crippen molar-refractivity contribution in [2.75, 3.05) is 0 Å². The summed E-state index contributed by atoms with van der Waals surface area (Å²) in [7, 11) is 0. The van der Waals surface area contributed by atoms with E-state index in [0.29, 0.717) is 16.4 Å². The van der Waals surface area contributed by atoms with Crippen LogP contribution in [-0.4, -0.2) is 15.4 Å². The van der Waals surface area contributed by atoms with Crippen LogP contribution in [0.15, 0.2) is 48.7 Å². The average molecular weight is 312 g/mol. The summed E-state index contributed by atoms with van der Waals surface area (Å²) in [5.41, 5.74) is 4.04. The van der Waals surface area contributed by atoms with Gasteiger partial charge in [-0.05, 0) is 42.8 Å². The molecule has 4 nitrogen and oxygen atoms in total. The van der Waals surface area contributed by atoms with Crippen molar-refractivity contribution in [2.24, 2.45) is 0 Å². The molecule has 2 heterocycles. The Hall–Kier alpha value is -2.59. The molecular formula is C17H12ClN2O2-. The van der Waals surface area contributed by atoms with Crippen LogP contribution in [0, 0.1) is 6.92 Å². The Kier molecular flexibility index (Phi) is 3.69. The van der Waals surface area contributed by atoms with E-state index in [1.807, 2.05) is 41.8 Å². The number of pyridine rings is 1. The van der Waals surface area contributed by atoms with Gasteiger partial charge in [-0.15, -0.1) is 0 Å². The molecule has 110 valence electrons. The smallest absolute Gasteiger partial charge is 0.137 e. The first-order valence-electron chi connectivity index (χ1n) is 6.68. The predicted octanol–water partition coefficient (Wildman–Crippen LogP) is 2.73. The van der Waals surface area contributed by atoms with Crippen LogP contribution in [0.4, 0.5) is 0 Å². The van der Waals surface area contributed by atoms with Gasteiger partial charge in [-0.1, -0.05) is 29.8 Å². The van der Waals surface area contributed by atoms with Gasteiger partial charge in [0.05, 0.1) is 17.4 Å². The van der Waals surface area contributed by atoms with Gasteiger partial charge in [-0.3, -0.25) is 4.40 Å². The minimum Gasteiger partial charge on any atom is -0.545 e. The summed E-state index contributed by atoms with van der Waals surface area (Å²) in [6.45, 7) is 1.97. The summed E-state index contributed by atoms with van der Waals surface area (Å²) in [5, 5.41) is 11.4. The number of carboxylic acids is 1. The highest BCUT2D eigenvalue weighted by Gasteiger charge is 2.12. The van der Waals surface area contributed by atoms with E-state index in [1.54, 1.807) is 12.1 Å². The van der Waals surface area contributed by atoms with Crippen LogP contribution in [0.2, 0.25) is 5.02 Å². The molecule has 3 rings (SSSR count). The maximum atomic E-state index is 10.7. The SMILES string of the molecule is Cc1ccc2nc(-c3ccc(Cl)cc3)c(/C=C/C(=O)[O-])n2c1. The van der Waals surface area contributed by atoms with Crippen LogP contribution in [-0.2, 0) is 4.79 Å². The number of carboxylic acid groups (broad SMARTS) is 1. The van der Waals surface area contributed by atoms with E-state index in [0.717, 1.165) is 22.9 Å². The summed E-state index contributed by atoms with van der Waals surface area (Å²) in [6.07, 6.45) is 4.42. The number of carbonyl (C=O) groups is 1. The Labute approximate surface area is 132 Å². The molecule has 0 saturated heterocycles. The van der Waals surface area contributed by atoms with E-state index in [4.69, 9.17) is 11.6 Å². The van der Waals surface area contributed by atoms with Crippen molar-refractivity contribution in [1.82, 2.24) is 9.38 Å². The number of imidazole rings is 1. The fourth-order valence-electron chi connectivity index (χ4n) is 2.30. The largest absolute Gasteiger partial charge is 0.545 e. The van der Waals surface area contributed by atoms with E-state index in [2.05, 4.69) is 4.98 Å². The monoisotopic (exact) mass is 311 g/mol. The number of aliphatic carboxylic acids is 1. The number of aryl methyl sites for hydroxylation is 1. The van der Waals surface area contributed by atoms with Crippen molar-refractivity contribution in [3.05, 3.63) is 65.0 Å². The molecule has 0 amide bonds. The summed E-state index contributed by atoms with van der Waals surface area (Å²) < 4.78 is 1.86. The van der Waals surface area contributed by atoms with E-state index < -0.39 is 5.97 Å². The van der Waals surface area contributed by atoms with Gasteiger partial charge in [0.2, 0.25) is 0 Å². The second kappa shape index (κ2) is 5.66. The summed E-state index contributed by atoms with van der Waals surface area (Å²) in [5.74, 6) is -1.25. The third-order valence-electron chi connectivity index (χ3n) is 3.30. The number of halogens is 1. The Morgan fingerprint density at radius 1 is 1.23 bits per heavy atom. The van der Waals surface area contributed by atoms with E-state index in [9.17, 15) is 9.90 Å². The van der Waals surface area contributed by atoms with Gasteiger partial charge in [0, 0.05) is 16.8 Å². The Balaban J connectivity index is 2.26. The number of benzene rings is 1. The van der Waals surface area contributed by atoms with Gasteiger partial charge in [0.15, 0.2) is 0 Å². The van der Waals surface area contributed by atoms with Crippen molar-refractivity contribution < 1.29 is 9.90 Å². The number of aromatic nitrogens is 2. The molecule has 2 aromatic heterocycles. The molecule has 0 N–H and O–H groups in total. The number of fused-ring (bicyclic) bond motifs is 1. The fraction of sp³-hybridized carbons (Fsp3) is 0.0588. The molecule has 22 heavy (non-hydrogen) atoms. The number of rotatable bonds is 3. The second-order valence-corrected chi connectivity index (χ2v) is 5.38. The normalized spacial score (nSPS) is 11.4. The van der Waals surface area contributed by atoms with Crippen LogP contribution in [0.3, 0.4) is 0 Å². The number of carbonyl (C=O) groups excluding carboxylic acids is 1. The molecule has 0 aliphatic carbocycles. The minimum absolute atomic E-state index is 0.634. The Morgan fingerprint density at radius 3 is 2.64 bits per heavy atom.